The summed E-state index contributed by atoms with van der Waals surface area (Å²) in [6.07, 6.45) is 2.94. The molecule has 1 heterocycles. The molecule has 0 aromatic heterocycles. The third-order valence-electron chi connectivity index (χ3n) is 4.40. The van der Waals surface area contributed by atoms with Crippen LogP contribution >= 0.6 is 0 Å². The van der Waals surface area contributed by atoms with Gasteiger partial charge in [0, 0.05) is 12.1 Å². The number of hydrogen-bond donors (Lipinski definition) is 1. The highest BCUT2D eigenvalue weighted by molar-refractivity contribution is 5.94. The highest BCUT2D eigenvalue weighted by atomic mass is 19.1. The number of carbonyl (C=O) groups excluding carboxylic acids is 1. The van der Waals surface area contributed by atoms with Gasteiger partial charge >= 0.3 is 0 Å². The average Bonchev–Trinajstić information content (AvgIpc) is 2.62. The summed E-state index contributed by atoms with van der Waals surface area (Å²) in [5.41, 5.74) is 2.39. The van der Waals surface area contributed by atoms with Crippen LogP contribution in [0.2, 0.25) is 0 Å². The first-order valence-electron chi connectivity index (χ1n) is 7.95. The molecular formula is C19H20FNO2. The van der Waals surface area contributed by atoms with Crippen molar-refractivity contribution < 1.29 is 14.3 Å². The Labute approximate surface area is 135 Å². The lowest BCUT2D eigenvalue weighted by Crippen LogP contribution is -2.38. The molecule has 1 fully saturated rings. The van der Waals surface area contributed by atoms with Gasteiger partial charge in [-0.15, -0.1) is 0 Å². The number of piperidine rings is 1. The molecule has 1 N–H and O–H groups in total. The minimum Gasteiger partial charge on any atom is -0.392 e. The van der Waals surface area contributed by atoms with Crippen LogP contribution in [-0.2, 0) is 6.61 Å². The number of benzene rings is 2. The number of rotatable bonds is 3. The largest absolute Gasteiger partial charge is 0.392 e. The molecule has 1 amide bonds. The summed E-state index contributed by atoms with van der Waals surface area (Å²) in [6, 6.07) is 13.5. The fourth-order valence-electron chi connectivity index (χ4n) is 3.12. The van der Waals surface area contributed by atoms with Gasteiger partial charge in [0.05, 0.1) is 12.6 Å². The normalized spacial score (nSPS) is 18.0. The van der Waals surface area contributed by atoms with E-state index in [-0.39, 0.29) is 24.4 Å². The van der Waals surface area contributed by atoms with Gasteiger partial charge in [0.1, 0.15) is 5.82 Å². The number of amides is 1. The van der Waals surface area contributed by atoms with Crippen molar-refractivity contribution in [1.82, 2.24) is 4.90 Å². The molecule has 3 rings (SSSR count). The quantitative estimate of drug-likeness (QED) is 0.939. The molecule has 0 aliphatic carbocycles. The summed E-state index contributed by atoms with van der Waals surface area (Å²) >= 11 is 0. The Morgan fingerprint density at radius 2 is 1.78 bits per heavy atom. The molecule has 0 saturated carbocycles. The number of likely N-dealkylation sites (tertiary alicyclic amines) is 1. The van der Waals surface area contributed by atoms with E-state index in [4.69, 9.17) is 5.11 Å². The minimum atomic E-state index is -0.262. The smallest absolute Gasteiger partial charge is 0.254 e. The number of aliphatic hydroxyl groups excluding tert-OH is 1. The van der Waals surface area contributed by atoms with Gasteiger partial charge < -0.3 is 10.0 Å². The number of hydrogen-bond acceptors (Lipinski definition) is 2. The van der Waals surface area contributed by atoms with E-state index in [9.17, 15) is 9.18 Å². The van der Waals surface area contributed by atoms with E-state index < -0.39 is 0 Å². The standard InChI is InChI=1S/C19H20FNO2/c20-17-10-8-15(9-11-17)18-3-1-2-12-21(18)19(23)16-6-4-14(13-22)5-7-16/h4-11,18,22H,1-3,12-13H2/t18-/m0/s1. The Morgan fingerprint density at radius 3 is 2.43 bits per heavy atom. The van der Waals surface area contributed by atoms with Gasteiger partial charge in [-0.05, 0) is 54.7 Å². The van der Waals surface area contributed by atoms with Gasteiger partial charge in [-0.25, -0.2) is 4.39 Å². The van der Waals surface area contributed by atoms with Crippen molar-refractivity contribution in [2.45, 2.75) is 31.9 Å². The Morgan fingerprint density at radius 1 is 1.09 bits per heavy atom. The third-order valence-corrected chi connectivity index (χ3v) is 4.40. The van der Waals surface area contributed by atoms with Gasteiger partial charge in [0.25, 0.3) is 5.91 Å². The molecule has 4 heteroatoms. The van der Waals surface area contributed by atoms with Crippen LogP contribution < -0.4 is 0 Å². The third kappa shape index (κ3) is 3.42. The molecule has 0 bridgehead atoms. The van der Waals surface area contributed by atoms with Crippen LogP contribution in [0.5, 0.6) is 0 Å². The molecule has 3 nitrogen and oxygen atoms in total. The molecule has 1 aliphatic heterocycles. The summed E-state index contributed by atoms with van der Waals surface area (Å²) in [7, 11) is 0. The van der Waals surface area contributed by atoms with E-state index in [1.165, 1.54) is 12.1 Å². The van der Waals surface area contributed by atoms with Crippen molar-refractivity contribution in [3.05, 3.63) is 71.0 Å². The summed E-state index contributed by atoms with van der Waals surface area (Å²) in [5.74, 6) is -0.273. The summed E-state index contributed by atoms with van der Waals surface area (Å²) in [6.45, 7) is 0.680. The van der Waals surface area contributed by atoms with Crippen LogP contribution in [0.25, 0.3) is 0 Å². The zero-order valence-corrected chi connectivity index (χ0v) is 12.9. The van der Waals surface area contributed by atoms with Crippen LogP contribution in [-0.4, -0.2) is 22.5 Å². The Hall–Kier alpha value is -2.20. The number of aliphatic hydroxyl groups is 1. The second-order valence-corrected chi connectivity index (χ2v) is 5.92. The predicted molar refractivity (Wildman–Crippen MR) is 86.4 cm³/mol. The molecule has 23 heavy (non-hydrogen) atoms. The highest BCUT2D eigenvalue weighted by Gasteiger charge is 2.28. The Balaban J connectivity index is 1.85. The summed E-state index contributed by atoms with van der Waals surface area (Å²) in [5, 5.41) is 9.10. The van der Waals surface area contributed by atoms with E-state index in [1.807, 2.05) is 4.90 Å². The van der Waals surface area contributed by atoms with Crippen LogP contribution in [0.4, 0.5) is 4.39 Å². The van der Waals surface area contributed by atoms with Crippen LogP contribution in [0, 0.1) is 5.82 Å². The molecule has 120 valence electrons. The van der Waals surface area contributed by atoms with Gasteiger partial charge in [-0.3, -0.25) is 4.79 Å². The lowest BCUT2D eigenvalue weighted by molar-refractivity contribution is 0.0611. The molecule has 2 aromatic carbocycles. The van der Waals surface area contributed by atoms with Gasteiger partial charge in [0.15, 0.2) is 0 Å². The molecule has 1 atom stereocenters. The summed E-state index contributed by atoms with van der Waals surface area (Å²) in [4.78, 5) is 14.7. The lowest BCUT2D eigenvalue weighted by Gasteiger charge is -2.36. The van der Waals surface area contributed by atoms with E-state index in [2.05, 4.69) is 0 Å². The van der Waals surface area contributed by atoms with Crippen LogP contribution in [0.1, 0.15) is 46.8 Å². The molecule has 1 saturated heterocycles. The maximum Gasteiger partial charge on any atom is 0.254 e. The summed E-state index contributed by atoms with van der Waals surface area (Å²) < 4.78 is 13.1. The van der Waals surface area contributed by atoms with E-state index in [0.717, 1.165) is 30.4 Å². The van der Waals surface area contributed by atoms with E-state index in [0.29, 0.717) is 12.1 Å². The SMILES string of the molecule is O=C(c1ccc(CO)cc1)N1CCCC[C@H]1c1ccc(F)cc1. The second kappa shape index (κ2) is 6.92. The van der Waals surface area contributed by atoms with Gasteiger partial charge in [-0.1, -0.05) is 24.3 Å². The van der Waals surface area contributed by atoms with Crippen LogP contribution in [0.3, 0.4) is 0 Å². The first kappa shape index (κ1) is 15.7. The molecule has 1 aliphatic rings. The van der Waals surface area contributed by atoms with Crippen LogP contribution in [0.15, 0.2) is 48.5 Å². The first-order chi connectivity index (χ1) is 11.2. The lowest BCUT2D eigenvalue weighted by atomic mass is 9.94. The highest BCUT2D eigenvalue weighted by Crippen LogP contribution is 2.32. The minimum absolute atomic E-state index is 0.00521. The predicted octanol–water partition coefficient (Wildman–Crippen LogP) is 3.69. The van der Waals surface area contributed by atoms with Crippen molar-refractivity contribution in [1.29, 1.82) is 0 Å². The number of nitrogens with zero attached hydrogens (tertiary/aromatic N) is 1. The van der Waals surface area contributed by atoms with Crippen molar-refractivity contribution >= 4 is 5.91 Å². The first-order valence-corrected chi connectivity index (χ1v) is 7.95. The number of carbonyl (C=O) groups is 1. The molecule has 0 spiro atoms. The second-order valence-electron chi connectivity index (χ2n) is 5.92. The molecular weight excluding hydrogens is 293 g/mol. The average molecular weight is 313 g/mol. The maximum atomic E-state index is 13.1. The van der Waals surface area contributed by atoms with Crippen molar-refractivity contribution in [2.24, 2.45) is 0 Å². The van der Waals surface area contributed by atoms with Crippen molar-refractivity contribution in [2.75, 3.05) is 6.54 Å². The molecule has 2 aromatic rings. The van der Waals surface area contributed by atoms with Gasteiger partial charge in [0.2, 0.25) is 0 Å². The van der Waals surface area contributed by atoms with Crippen molar-refractivity contribution in [3.63, 3.8) is 0 Å². The topological polar surface area (TPSA) is 40.5 Å². The Bertz CT molecular complexity index is 667. The Kier molecular flexibility index (Phi) is 4.72. The van der Waals surface area contributed by atoms with E-state index >= 15 is 0 Å². The van der Waals surface area contributed by atoms with Gasteiger partial charge in [-0.2, -0.15) is 0 Å². The fourth-order valence-corrected chi connectivity index (χ4v) is 3.12. The van der Waals surface area contributed by atoms with E-state index in [1.54, 1.807) is 36.4 Å². The molecule has 0 unspecified atom stereocenters. The molecule has 0 radical (unpaired) electrons. The zero-order valence-electron chi connectivity index (χ0n) is 12.9. The van der Waals surface area contributed by atoms with Crippen molar-refractivity contribution in [3.8, 4) is 0 Å². The zero-order chi connectivity index (χ0) is 16.2. The fraction of sp³-hybridized carbons (Fsp3) is 0.316. The maximum absolute atomic E-state index is 13.1. The monoisotopic (exact) mass is 313 g/mol. The number of halogens is 1.